The molecule has 2 aliphatic rings. The lowest BCUT2D eigenvalue weighted by molar-refractivity contribution is 0.0239. The van der Waals surface area contributed by atoms with Gasteiger partial charge in [-0.15, -0.1) is 0 Å². The van der Waals surface area contributed by atoms with Gasteiger partial charge in [-0.2, -0.15) is 0 Å². The lowest BCUT2D eigenvalue weighted by Gasteiger charge is -2.52. The van der Waals surface area contributed by atoms with Gasteiger partial charge in [0, 0.05) is 30.7 Å². The molecule has 2 fully saturated rings. The molecule has 1 saturated heterocycles. The zero-order valence-corrected chi connectivity index (χ0v) is 11.8. The maximum Gasteiger partial charge on any atom is 0.0309 e. The van der Waals surface area contributed by atoms with Crippen LogP contribution in [0.2, 0.25) is 0 Å². The van der Waals surface area contributed by atoms with Crippen molar-refractivity contribution in [1.29, 1.82) is 0 Å². The van der Waals surface area contributed by atoms with E-state index in [-0.39, 0.29) is 0 Å². The Balaban J connectivity index is 2.09. The summed E-state index contributed by atoms with van der Waals surface area (Å²) >= 11 is 0. The summed E-state index contributed by atoms with van der Waals surface area (Å²) in [4.78, 5) is 2.70. The predicted octanol–water partition coefficient (Wildman–Crippen LogP) is 2.95. The third-order valence-corrected chi connectivity index (χ3v) is 4.99. The average Bonchev–Trinajstić information content (AvgIpc) is 2.80. The molecule has 0 radical (unpaired) electrons. The molecule has 1 unspecified atom stereocenters. The van der Waals surface area contributed by atoms with Crippen LogP contribution in [0.5, 0.6) is 0 Å². The summed E-state index contributed by atoms with van der Waals surface area (Å²) in [6.45, 7) is 10.4. The summed E-state index contributed by atoms with van der Waals surface area (Å²) in [5, 5.41) is 3.88. The van der Waals surface area contributed by atoms with Crippen LogP contribution in [0.15, 0.2) is 12.2 Å². The van der Waals surface area contributed by atoms with Crippen LogP contribution in [0.3, 0.4) is 0 Å². The Kier molecular flexibility index (Phi) is 3.94. The summed E-state index contributed by atoms with van der Waals surface area (Å²) < 4.78 is 0. The second kappa shape index (κ2) is 5.11. The molecule has 0 aromatic heterocycles. The predicted molar refractivity (Wildman–Crippen MR) is 74.3 cm³/mol. The first-order chi connectivity index (χ1) is 8.14. The van der Waals surface area contributed by atoms with Crippen LogP contribution in [0, 0.1) is 0 Å². The van der Waals surface area contributed by atoms with Gasteiger partial charge in [0.1, 0.15) is 0 Å². The fourth-order valence-electron chi connectivity index (χ4n) is 3.35. The summed E-state index contributed by atoms with van der Waals surface area (Å²) in [6.07, 6.45) is 11.3. The highest BCUT2D eigenvalue weighted by atomic mass is 15.3. The largest absolute Gasteiger partial charge is 0.308 e. The summed E-state index contributed by atoms with van der Waals surface area (Å²) in [7, 11) is 0. The van der Waals surface area contributed by atoms with E-state index in [0.717, 1.165) is 13.1 Å². The van der Waals surface area contributed by atoms with E-state index >= 15 is 0 Å². The molecule has 98 valence electrons. The van der Waals surface area contributed by atoms with Crippen LogP contribution >= 0.6 is 0 Å². The zero-order valence-electron chi connectivity index (χ0n) is 11.8. The van der Waals surface area contributed by atoms with E-state index < -0.39 is 0 Å². The van der Waals surface area contributed by atoms with E-state index in [1.807, 2.05) is 0 Å². The van der Waals surface area contributed by atoms with E-state index in [1.54, 1.807) is 0 Å². The first kappa shape index (κ1) is 13.1. The van der Waals surface area contributed by atoms with Gasteiger partial charge < -0.3 is 5.32 Å². The molecule has 0 aromatic carbocycles. The fourth-order valence-corrected chi connectivity index (χ4v) is 3.35. The highest BCUT2D eigenvalue weighted by Gasteiger charge is 2.44. The third-order valence-electron chi connectivity index (χ3n) is 4.99. The number of hydrogen-bond acceptors (Lipinski definition) is 2. The number of nitrogens with zero attached hydrogens (tertiary/aromatic N) is 1. The van der Waals surface area contributed by atoms with Crippen LogP contribution in [-0.2, 0) is 0 Å². The molecule has 1 aliphatic heterocycles. The fraction of sp³-hybridized carbons (Fsp3) is 0.867. The number of piperazine rings is 1. The number of allylic oxidation sites excluding steroid dienone is 1. The lowest BCUT2D eigenvalue weighted by atomic mass is 9.85. The molecule has 1 atom stereocenters. The smallest absolute Gasteiger partial charge is 0.0309 e. The normalized spacial score (nSPS) is 33.8. The van der Waals surface area contributed by atoms with Crippen LogP contribution in [0.1, 0.15) is 52.9 Å². The molecule has 1 saturated carbocycles. The molecule has 17 heavy (non-hydrogen) atoms. The molecule has 1 heterocycles. The van der Waals surface area contributed by atoms with Crippen molar-refractivity contribution < 1.29 is 0 Å². The van der Waals surface area contributed by atoms with Gasteiger partial charge in [0.25, 0.3) is 0 Å². The minimum absolute atomic E-state index is 0.341. The zero-order chi connectivity index (χ0) is 12.4. The molecule has 2 nitrogen and oxygen atoms in total. The Morgan fingerprint density at radius 3 is 2.59 bits per heavy atom. The molecule has 0 amide bonds. The van der Waals surface area contributed by atoms with Gasteiger partial charge in [0.05, 0.1) is 0 Å². The van der Waals surface area contributed by atoms with Crippen molar-refractivity contribution in [2.75, 3.05) is 19.6 Å². The van der Waals surface area contributed by atoms with Gasteiger partial charge in [0.2, 0.25) is 0 Å². The Morgan fingerprint density at radius 1 is 1.29 bits per heavy atom. The number of hydrogen-bond donors (Lipinski definition) is 1. The molecule has 0 aromatic rings. The van der Waals surface area contributed by atoms with Crippen molar-refractivity contribution >= 4 is 0 Å². The van der Waals surface area contributed by atoms with Crippen LogP contribution in [0.4, 0.5) is 0 Å². The number of rotatable bonds is 3. The molecule has 1 spiro atoms. The van der Waals surface area contributed by atoms with Gasteiger partial charge in [-0.1, -0.05) is 31.9 Å². The van der Waals surface area contributed by atoms with Gasteiger partial charge in [-0.05, 0) is 33.1 Å². The molecule has 2 heteroatoms. The third kappa shape index (κ3) is 2.58. The van der Waals surface area contributed by atoms with Crippen molar-refractivity contribution in [3.8, 4) is 0 Å². The highest BCUT2D eigenvalue weighted by molar-refractivity contribution is 5.06. The Morgan fingerprint density at radius 2 is 2.00 bits per heavy atom. The quantitative estimate of drug-likeness (QED) is 0.758. The monoisotopic (exact) mass is 236 g/mol. The van der Waals surface area contributed by atoms with E-state index in [9.17, 15) is 0 Å². The highest BCUT2D eigenvalue weighted by Crippen LogP contribution is 2.36. The molecular formula is C15H28N2. The average molecular weight is 236 g/mol. The molecule has 0 bridgehead atoms. The summed E-state index contributed by atoms with van der Waals surface area (Å²) in [5.74, 6) is 0. The van der Waals surface area contributed by atoms with Gasteiger partial charge >= 0.3 is 0 Å². The van der Waals surface area contributed by atoms with Crippen molar-refractivity contribution in [3.63, 3.8) is 0 Å². The minimum Gasteiger partial charge on any atom is -0.308 e. The van der Waals surface area contributed by atoms with Gasteiger partial charge in [-0.3, -0.25) is 4.90 Å². The molecule has 2 rings (SSSR count). The van der Waals surface area contributed by atoms with Crippen LogP contribution in [0.25, 0.3) is 0 Å². The van der Waals surface area contributed by atoms with E-state index in [1.165, 1.54) is 38.6 Å². The molecule has 1 N–H and O–H groups in total. The second-order valence-electron chi connectivity index (χ2n) is 6.14. The van der Waals surface area contributed by atoms with Crippen molar-refractivity contribution in [2.45, 2.75) is 64.0 Å². The van der Waals surface area contributed by atoms with Gasteiger partial charge in [-0.25, -0.2) is 0 Å². The first-order valence-corrected chi connectivity index (χ1v) is 7.25. The lowest BCUT2D eigenvalue weighted by Crippen LogP contribution is -2.68. The van der Waals surface area contributed by atoms with Gasteiger partial charge in [0.15, 0.2) is 0 Å². The van der Waals surface area contributed by atoms with Crippen LogP contribution in [-0.4, -0.2) is 35.6 Å². The van der Waals surface area contributed by atoms with E-state index in [4.69, 9.17) is 0 Å². The molecule has 1 aliphatic carbocycles. The SMILES string of the molecule is C/C=C/CN1CC2(CCCC2)NCC1(C)CC. The van der Waals surface area contributed by atoms with Crippen LogP contribution < -0.4 is 5.32 Å². The van der Waals surface area contributed by atoms with Crippen molar-refractivity contribution in [1.82, 2.24) is 10.2 Å². The summed E-state index contributed by atoms with van der Waals surface area (Å²) in [6, 6.07) is 0. The Labute approximate surface area is 106 Å². The second-order valence-corrected chi connectivity index (χ2v) is 6.14. The maximum absolute atomic E-state index is 3.88. The Bertz CT molecular complexity index is 279. The standard InChI is InChI=1S/C15H28N2/c1-4-6-11-17-13-15(9-7-8-10-15)16-12-14(17,3)5-2/h4,6,16H,5,7-13H2,1-3H3/b6-4+. The topological polar surface area (TPSA) is 15.3 Å². The maximum atomic E-state index is 3.88. The van der Waals surface area contributed by atoms with E-state index in [0.29, 0.717) is 11.1 Å². The minimum atomic E-state index is 0.341. The van der Waals surface area contributed by atoms with Crippen molar-refractivity contribution in [3.05, 3.63) is 12.2 Å². The summed E-state index contributed by atoms with van der Waals surface area (Å²) in [5.41, 5.74) is 0.781. The number of nitrogens with one attached hydrogen (secondary N) is 1. The Hall–Kier alpha value is -0.340. The molecular weight excluding hydrogens is 208 g/mol. The van der Waals surface area contributed by atoms with E-state index in [2.05, 4.69) is 43.1 Å². The van der Waals surface area contributed by atoms with Crippen molar-refractivity contribution in [2.24, 2.45) is 0 Å². The first-order valence-electron chi connectivity index (χ1n) is 7.25.